The number of hydrogen-bond donors (Lipinski definition) is 1. The van der Waals surface area contributed by atoms with E-state index < -0.39 is 22.7 Å². The van der Waals surface area contributed by atoms with Gasteiger partial charge >= 0.3 is 0 Å². The fourth-order valence-corrected chi connectivity index (χ4v) is 1.86. The first-order valence-electron chi connectivity index (χ1n) is 5.83. The first-order chi connectivity index (χ1) is 9.47. The van der Waals surface area contributed by atoms with Crippen LogP contribution in [0.1, 0.15) is 17.2 Å². The molecule has 0 radical (unpaired) electrons. The average Bonchev–Trinajstić information content (AvgIpc) is 2.39. The highest BCUT2D eigenvalue weighted by Gasteiger charge is 2.14. The summed E-state index contributed by atoms with van der Waals surface area (Å²) in [6.45, 7) is 0. The lowest BCUT2D eigenvalue weighted by Crippen LogP contribution is -2.05. The maximum absolute atomic E-state index is 13.5. The van der Waals surface area contributed by atoms with E-state index in [9.17, 15) is 24.0 Å². The van der Waals surface area contributed by atoms with Gasteiger partial charge in [0.15, 0.2) is 0 Å². The Bertz CT molecular complexity index is 629. The van der Waals surface area contributed by atoms with Crippen molar-refractivity contribution >= 4 is 5.69 Å². The van der Waals surface area contributed by atoms with Crippen molar-refractivity contribution in [2.45, 2.75) is 12.5 Å². The molecule has 20 heavy (non-hydrogen) atoms. The molecular formula is C14H11F2NO3. The summed E-state index contributed by atoms with van der Waals surface area (Å²) >= 11 is 0. The summed E-state index contributed by atoms with van der Waals surface area (Å²) in [6, 6.07) is 8.55. The van der Waals surface area contributed by atoms with E-state index in [2.05, 4.69) is 0 Å². The van der Waals surface area contributed by atoms with Crippen LogP contribution in [0.2, 0.25) is 0 Å². The number of nitrogens with zero attached hydrogens (tertiary/aromatic N) is 1. The quantitative estimate of drug-likeness (QED) is 0.690. The predicted octanol–water partition coefficient (Wildman–Crippen LogP) is 3.15. The third-order valence-electron chi connectivity index (χ3n) is 2.90. The maximum atomic E-state index is 13.5. The molecular weight excluding hydrogens is 268 g/mol. The van der Waals surface area contributed by atoms with Gasteiger partial charge in [-0.15, -0.1) is 0 Å². The zero-order valence-corrected chi connectivity index (χ0v) is 10.3. The largest absolute Gasteiger partial charge is 0.388 e. The van der Waals surface area contributed by atoms with Crippen LogP contribution in [0.15, 0.2) is 42.5 Å². The summed E-state index contributed by atoms with van der Waals surface area (Å²) in [4.78, 5) is 9.98. The van der Waals surface area contributed by atoms with Crippen molar-refractivity contribution in [3.63, 3.8) is 0 Å². The zero-order chi connectivity index (χ0) is 14.7. The van der Waals surface area contributed by atoms with Crippen molar-refractivity contribution in [3.05, 3.63) is 75.3 Å². The summed E-state index contributed by atoms with van der Waals surface area (Å²) in [5.74, 6) is -1.53. The number of benzene rings is 2. The molecule has 0 aliphatic rings. The molecule has 1 N–H and O–H groups in total. The highest BCUT2D eigenvalue weighted by atomic mass is 19.1. The van der Waals surface area contributed by atoms with Crippen LogP contribution in [0.5, 0.6) is 0 Å². The van der Waals surface area contributed by atoms with E-state index in [1.54, 1.807) is 0 Å². The van der Waals surface area contributed by atoms with Gasteiger partial charge in [-0.3, -0.25) is 10.1 Å². The number of nitro groups is 1. The monoisotopic (exact) mass is 279 g/mol. The molecule has 0 spiro atoms. The minimum atomic E-state index is -1.14. The third kappa shape index (κ3) is 3.16. The van der Waals surface area contributed by atoms with Crippen LogP contribution in [0.3, 0.4) is 0 Å². The molecule has 0 bridgehead atoms. The van der Waals surface area contributed by atoms with Crippen LogP contribution in [-0.2, 0) is 6.42 Å². The van der Waals surface area contributed by atoms with E-state index in [1.807, 2.05) is 0 Å². The zero-order valence-electron chi connectivity index (χ0n) is 10.3. The van der Waals surface area contributed by atoms with E-state index in [4.69, 9.17) is 0 Å². The van der Waals surface area contributed by atoms with Gasteiger partial charge in [0.25, 0.3) is 5.69 Å². The summed E-state index contributed by atoms with van der Waals surface area (Å²) in [5, 5.41) is 20.4. The van der Waals surface area contributed by atoms with Crippen molar-refractivity contribution in [2.75, 3.05) is 0 Å². The number of rotatable bonds is 4. The minimum Gasteiger partial charge on any atom is -0.388 e. The number of halogens is 2. The second-order valence-electron chi connectivity index (χ2n) is 4.31. The van der Waals surface area contributed by atoms with Gasteiger partial charge in [0.05, 0.1) is 11.0 Å². The molecule has 0 aliphatic carbocycles. The van der Waals surface area contributed by atoms with Crippen molar-refractivity contribution in [3.8, 4) is 0 Å². The Morgan fingerprint density at radius 1 is 1.15 bits per heavy atom. The summed E-state index contributed by atoms with van der Waals surface area (Å²) in [7, 11) is 0. The van der Waals surface area contributed by atoms with Crippen LogP contribution in [0.25, 0.3) is 0 Å². The number of hydrogen-bond acceptors (Lipinski definition) is 3. The fourth-order valence-electron chi connectivity index (χ4n) is 1.86. The normalized spacial score (nSPS) is 12.2. The molecule has 0 aromatic heterocycles. The second-order valence-corrected chi connectivity index (χ2v) is 4.31. The topological polar surface area (TPSA) is 63.4 Å². The van der Waals surface area contributed by atoms with Crippen LogP contribution in [-0.4, -0.2) is 10.0 Å². The van der Waals surface area contributed by atoms with E-state index in [1.165, 1.54) is 30.3 Å². The van der Waals surface area contributed by atoms with E-state index in [0.717, 1.165) is 6.07 Å². The molecule has 104 valence electrons. The fraction of sp³-hybridized carbons (Fsp3) is 0.143. The molecule has 0 saturated heterocycles. The SMILES string of the molecule is O=[N+]([O-])c1ccc(CC(O)c2ccc(F)cc2F)cc1. The highest BCUT2D eigenvalue weighted by Crippen LogP contribution is 2.23. The molecule has 2 aromatic carbocycles. The Balaban J connectivity index is 2.14. The van der Waals surface area contributed by atoms with Crippen LogP contribution in [0, 0.1) is 21.7 Å². The summed E-state index contributed by atoms with van der Waals surface area (Å²) in [5.41, 5.74) is 0.549. The van der Waals surface area contributed by atoms with E-state index in [0.29, 0.717) is 11.6 Å². The Hall–Kier alpha value is -2.34. The van der Waals surface area contributed by atoms with Crippen LogP contribution in [0.4, 0.5) is 14.5 Å². The number of aliphatic hydroxyl groups is 1. The highest BCUT2D eigenvalue weighted by molar-refractivity contribution is 5.34. The van der Waals surface area contributed by atoms with E-state index in [-0.39, 0.29) is 17.7 Å². The Morgan fingerprint density at radius 2 is 1.80 bits per heavy atom. The van der Waals surface area contributed by atoms with Gasteiger partial charge in [0, 0.05) is 30.2 Å². The molecule has 0 amide bonds. The first kappa shape index (κ1) is 14.1. The van der Waals surface area contributed by atoms with Gasteiger partial charge in [0.1, 0.15) is 11.6 Å². The number of aliphatic hydroxyl groups excluding tert-OH is 1. The third-order valence-corrected chi connectivity index (χ3v) is 2.90. The van der Waals surface area contributed by atoms with Gasteiger partial charge in [-0.25, -0.2) is 8.78 Å². The molecule has 2 aromatic rings. The average molecular weight is 279 g/mol. The van der Waals surface area contributed by atoms with Gasteiger partial charge < -0.3 is 5.11 Å². The Labute approximate surface area is 113 Å². The van der Waals surface area contributed by atoms with Crippen LogP contribution < -0.4 is 0 Å². The summed E-state index contributed by atoms with van der Waals surface area (Å²) in [6.07, 6.45) is -1.06. The second kappa shape index (κ2) is 5.75. The van der Waals surface area contributed by atoms with E-state index >= 15 is 0 Å². The number of non-ortho nitro benzene ring substituents is 1. The van der Waals surface area contributed by atoms with Gasteiger partial charge in [0.2, 0.25) is 0 Å². The minimum absolute atomic E-state index is 0.00949. The lowest BCUT2D eigenvalue weighted by Gasteiger charge is -2.12. The standard InChI is InChI=1S/C14H11F2NO3/c15-10-3-6-12(13(16)8-10)14(18)7-9-1-4-11(5-2-9)17(19)20/h1-6,8,14,18H,7H2. The van der Waals surface area contributed by atoms with Crippen molar-refractivity contribution in [1.82, 2.24) is 0 Å². The van der Waals surface area contributed by atoms with Gasteiger partial charge in [-0.2, -0.15) is 0 Å². The molecule has 4 nitrogen and oxygen atoms in total. The predicted molar refractivity (Wildman–Crippen MR) is 68.1 cm³/mol. The van der Waals surface area contributed by atoms with Gasteiger partial charge in [-0.05, 0) is 11.6 Å². The van der Waals surface area contributed by atoms with Crippen LogP contribution >= 0.6 is 0 Å². The first-order valence-corrected chi connectivity index (χ1v) is 5.83. The Kier molecular flexibility index (Phi) is 4.05. The maximum Gasteiger partial charge on any atom is 0.269 e. The lowest BCUT2D eigenvalue weighted by atomic mass is 10.0. The lowest BCUT2D eigenvalue weighted by molar-refractivity contribution is -0.384. The summed E-state index contributed by atoms with van der Waals surface area (Å²) < 4.78 is 26.3. The molecule has 0 aliphatic heterocycles. The molecule has 0 heterocycles. The molecule has 1 unspecified atom stereocenters. The molecule has 6 heteroatoms. The van der Waals surface area contributed by atoms with Crippen molar-refractivity contribution in [1.29, 1.82) is 0 Å². The number of nitro benzene ring substituents is 1. The van der Waals surface area contributed by atoms with Crippen molar-refractivity contribution in [2.24, 2.45) is 0 Å². The molecule has 2 rings (SSSR count). The molecule has 0 fully saturated rings. The van der Waals surface area contributed by atoms with Gasteiger partial charge in [-0.1, -0.05) is 18.2 Å². The molecule has 0 saturated carbocycles. The van der Waals surface area contributed by atoms with Crippen molar-refractivity contribution < 1.29 is 18.8 Å². The smallest absolute Gasteiger partial charge is 0.269 e. The Morgan fingerprint density at radius 3 is 2.35 bits per heavy atom. The molecule has 1 atom stereocenters.